The fourth-order valence-corrected chi connectivity index (χ4v) is 4.44. The second-order valence-electron chi connectivity index (χ2n) is 6.36. The Balaban J connectivity index is 2.18. The Morgan fingerprint density at radius 1 is 0.793 bits per heavy atom. The zero-order valence-electron chi connectivity index (χ0n) is 15.2. The number of benzene rings is 3. The summed E-state index contributed by atoms with van der Waals surface area (Å²) in [5.41, 5.74) is 0.881. The third-order valence-corrected chi connectivity index (χ3v) is 5.97. The van der Waals surface area contributed by atoms with Crippen molar-refractivity contribution < 1.29 is 31.0 Å². The molecule has 0 aliphatic rings. The molecule has 3 aromatic carbocycles. The van der Waals surface area contributed by atoms with E-state index in [1.54, 1.807) is 19.9 Å². The van der Waals surface area contributed by atoms with E-state index in [1.807, 2.05) is 0 Å². The molecule has 0 amide bonds. The van der Waals surface area contributed by atoms with Crippen LogP contribution in [-0.4, -0.2) is 31.0 Å². The van der Waals surface area contributed by atoms with Crippen molar-refractivity contribution in [2.45, 2.75) is 23.6 Å². The number of aryl methyl sites for hydroxylation is 2. The molecule has 9 nitrogen and oxygen atoms in total. The van der Waals surface area contributed by atoms with Crippen molar-refractivity contribution in [2.24, 2.45) is 10.2 Å². The molecule has 0 aromatic heterocycles. The molecule has 0 saturated carbocycles. The van der Waals surface area contributed by atoms with Crippen LogP contribution in [0.1, 0.15) is 11.1 Å². The summed E-state index contributed by atoms with van der Waals surface area (Å²) in [5.74, 6) is -0.407. The molecule has 0 unspecified atom stereocenters. The molecular weight excluding hydrogens is 420 g/mol. The average molecular weight is 436 g/mol. The lowest BCUT2D eigenvalue weighted by Gasteiger charge is -2.09. The van der Waals surface area contributed by atoms with Crippen LogP contribution >= 0.6 is 0 Å². The summed E-state index contributed by atoms with van der Waals surface area (Å²) in [6.07, 6.45) is 0. The second-order valence-corrected chi connectivity index (χ2v) is 9.14. The SMILES string of the molecule is Cc1cc(C)c(N=Nc2ccc3c(S(=O)(=O)O)cccc3c2O)c(S(=O)(=O)O)c1. The Morgan fingerprint density at radius 3 is 2.07 bits per heavy atom. The molecule has 152 valence electrons. The Morgan fingerprint density at radius 2 is 1.45 bits per heavy atom. The van der Waals surface area contributed by atoms with Gasteiger partial charge < -0.3 is 5.11 Å². The van der Waals surface area contributed by atoms with E-state index < -0.39 is 30.9 Å². The van der Waals surface area contributed by atoms with Gasteiger partial charge in [0.2, 0.25) is 0 Å². The minimum absolute atomic E-state index is 0.0637. The van der Waals surface area contributed by atoms with Gasteiger partial charge in [-0.05, 0) is 43.2 Å². The third-order valence-electron chi connectivity index (χ3n) is 4.20. The minimum atomic E-state index is -4.56. The van der Waals surface area contributed by atoms with E-state index in [0.29, 0.717) is 11.1 Å². The minimum Gasteiger partial charge on any atom is -0.505 e. The standard InChI is InChI=1S/C18H16N2O7S2/c1-10-8-11(2)17(16(9-10)29(25,26)27)20-19-14-7-6-12-13(18(14)21)4-3-5-15(12)28(22,23)24/h3-9,21H,1-2H3,(H,22,23,24)(H,25,26,27). The Kier molecular flexibility index (Phi) is 5.17. The van der Waals surface area contributed by atoms with Gasteiger partial charge >= 0.3 is 0 Å². The summed E-state index contributed by atoms with van der Waals surface area (Å²) in [4.78, 5) is -0.801. The van der Waals surface area contributed by atoms with Gasteiger partial charge in [-0.3, -0.25) is 9.11 Å². The number of hydrogen-bond donors (Lipinski definition) is 3. The number of azo groups is 1. The average Bonchev–Trinajstić information content (AvgIpc) is 2.60. The molecule has 29 heavy (non-hydrogen) atoms. The van der Waals surface area contributed by atoms with Crippen molar-refractivity contribution in [3.05, 3.63) is 53.6 Å². The van der Waals surface area contributed by atoms with Gasteiger partial charge in [-0.2, -0.15) is 16.8 Å². The van der Waals surface area contributed by atoms with Gasteiger partial charge in [0, 0.05) is 10.8 Å². The Hall–Kier alpha value is -2.86. The highest BCUT2D eigenvalue weighted by molar-refractivity contribution is 7.86. The Bertz CT molecular complexity index is 1380. The molecule has 11 heteroatoms. The lowest BCUT2D eigenvalue weighted by molar-refractivity contribution is 0.481. The lowest BCUT2D eigenvalue weighted by atomic mass is 10.1. The summed E-state index contributed by atoms with van der Waals surface area (Å²) < 4.78 is 65.1. The van der Waals surface area contributed by atoms with E-state index in [0.717, 1.165) is 0 Å². The quantitative estimate of drug-likeness (QED) is 0.411. The number of fused-ring (bicyclic) bond motifs is 1. The molecular formula is C18H16N2O7S2. The topological polar surface area (TPSA) is 154 Å². The number of aromatic hydroxyl groups is 1. The van der Waals surface area contributed by atoms with Crippen LogP contribution in [0.5, 0.6) is 5.75 Å². The maximum Gasteiger partial charge on any atom is 0.296 e. The molecule has 0 fully saturated rings. The van der Waals surface area contributed by atoms with Crippen molar-refractivity contribution in [2.75, 3.05) is 0 Å². The first-order valence-corrected chi connectivity index (χ1v) is 11.0. The first-order valence-electron chi connectivity index (χ1n) is 8.12. The van der Waals surface area contributed by atoms with Gasteiger partial charge in [-0.15, -0.1) is 10.2 Å². The van der Waals surface area contributed by atoms with Gasteiger partial charge in [-0.1, -0.05) is 24.3 Å². The van der Waals surface area contributed by atoms with Crippen molar-refractivity contribution in [1.29, 1.82) is 0 Å². The molecule has 0 bridgehead atoms. The van der Waals surface area contributed by atoms with Crippen molar-refractivity contribution in [1.82, 2.24) is 0 Å². The smallest absolute Gasteiger partial charge is 0.296 e. The molecule has 0 spiro atoms. The molecule has 0 aliphatic heterocycles. The van der Waals surface area contributed by atoms with Gasteiger partial charge in [0.15, 0.2) is 5.75 Å². The van der Waals surface area contributed by atoms with E-state index in [9.17, 15) is 31.0 Å². The predicted molar refractivity (Wildman–Crippen MR) is 105 cm³/mol. The summed E-state index contributed by atoms with van der Waals surface area (Å²) in [5, 5.41) is 18.4. The molecule has 0 saturated heterocycles. The summed E-state index contributed by atoms with van der Waals surface area (Å²) in [6, 6.07) is 9.46. The monoisotopic (exact) mass is 436 g/mol. The molecule has 3 N–H and O–H groups in total. The zero-order chi connectivity index (χ0) is 21.6. The summed E-state index contributed by atoms with van der Waals surface area (Å²) in [7, 11) is -9.07. The highest BCUT2D eigenvalue weighted by Crippen LogP contribution is 2.39. The fraction of sp³-hybridized carbons (Fsp3) is 0.111. The van der Waals surface area contributed by atoms with E-state index in [4.69, 9.17) is 0 Å². The van der Waals surface area contributed by atoms with Crippen LogP contribution in [0.3, 0.4) is 0 Å². The van der Waals surface area contributed by atoms with Crippen LogP contribution in [0.25, 0.3) is 10.8 Å². The maximum atomic E-state index is 11.7. The number of rotatable bonds is 4. The van der Waals surface area contributed by atoms with Gasteiger partial charge in [0.05, 0.1) is 0 Å². The highest BCUT2D eigenvalue weighted by atomic mass is 32.2. The molecule has 3 rings (SSSR count). The Labute approximate surface area is 166 Å². The second kappa shape index (κ2) is 7.19. The van der Waals surface area contributed by atoms with Crippen molar-refractivity contribution in [3.8, 4) is 5.75 Å². The van der Waals surface area contributed by atoms with E-state index >= 15 is 0 Å². The predicted octanol–water partition coefficient (Wildman–Crippen LogP) is 4.07. The number of phenolic OH excluding ortho intramolecular Hbond substituents is 1. The van der Waals surface area contributed by atoms with E-state index in [1.165, 1.54) is 36.4 Å². The molecule has 0 heterocycles. The largest absolute Gasteiger partial charge is 0.505 e. The lowest BCUT2D eigenvalue weighted by Crippen LogP contribution is -2.00. The van der Waals surface area contributed by atoms with E-state index in [-0.39, 0.29) is 27.0 Å². The maximum absolute atomic E-state index is 11.7. The summed E-state index contributed by atoms with van der Waals surface area (Å²) >= 11 is 0. The third kappa shape index (κ3) is 4.12. The van der Waals surface area contributed by atoms with Crippen LogP contribution in [0.4, 0.5) is 11.4 Å². The van der Waals surface area contributed by atoms with Gasteiger partial charge in [0.25, 0.3) is 20.2 Å². The molecule has 0 atom stereocenters. The number of nitrogens with zero attached hydrogens (tertiary/aromatic N) is 2. The highest BCUT2D eigenvalue weighted by Gasteiger charge is 2.19. The van der Waals surface area contributed by atoms with Crippen LogP contribution in [-0.2, 0) is 20.2 Å². The molecule has 0 aliphatic carbocycles. The summed E-state index contributed by atoms with van der Waals surface area (Å²) in [6.45, 7) is 3.25. The first-order chi connectivity index (χ1) is 13.4. The van der Waals surface area contributed by atoms with Crippen LogP contribution in [0.15, 0.2) is 62.5 Å². The molecule has 3 aromatic rings. The molecule has 0 radical (unpaired) electrons. The van der Waals surface area contributed by atoms with Crippen LogP contribution in [0, 0.1) is 13.8 Å². The number of phenols is 1. The zero-order valence-corrected chi connectivity index (χ0v) is 16.9. The van der Waals surface area contributed by atoms with Crippen molar-refractivity contribution in [3.63, 3.8) is 0 Å². The van der Waals surface area contributed by atoms with Crippen LogP contribution in [0.2, 0.25) is 0 Å². The van der Waals surface area contributed by atoms with Gasteiger partial charge in [0.1, 0.15) is 21.2 Å². The van der Waals surface area contributed by atoms with Crippen LogP contribution < -0.4 is 0 Å². The first kappa shape index (κ1) is 20.9. The van der Waals surface area contributed by atoms with Gasteiger partial charge in [-0.25, -0.2) is 0 Å². The number of hydrogen-bond acceptors (Lipinski definition) is 7. The van der Waals surface area contributed by atoms with E-state index in [2.05, 4.69) is 10.2 Å². The van der Waals surface area contributed by atoms with Crippen molar-refractivity contribution >= 4 is 42.4 Å². The normalized spacial score (nSPS) is 12.7. The fourth-order valence-electron chi connectivity index (χ4n) is 2.96.